The predicted octanol–water partition coefficient (Wildman–Crippen LogP) is 3.87. The number of aromatic nitrogens is 4. The van der Waals surface area contributed by atoms with Crippen molar-refractivity contribution in [3.8, 4) is 5.88 Å². The summed E-state index contributed by atoms with van der Waals surface area (Å²) in [4.78, 5) is 12.4. The number of imidazole rings is 2. The number of aryl methyl sites for hydroxylation is 2. The second-order valence-corrected chi connectivity index (χ2v) is 13.5. The van der Waals surface area contributed by atoms with Crippen molar-refractivity contribution in [2.24, 2.45) is 10.8 Å². The summed E-state index contributed by atoms with van der Waals surface area (Å²) < 4.78 is 7.86. The van der Waals surface area contributed by atoms with Crippen LogP contribution in [0, 0.1) is 15.6 Å². The van der Waals surface area contributed by atoms with Gasteiger partial charge in [-0.1, -0.05) is 27.7 Å². The van der Waals surface area contributed by atoms with Gasteiger partial charge in [-0.3, -0.25) is 9.13 Å². The van der Waals surface area contributed by atoms with Crippen LogP contribution in [0.4, 0.5) is 0 Å². The predicted molar refractivity (Wildman–Crippen MR) is 181 cm³/mol. The van der Waals surface area contributed by atoms with Gasteiger partial charge in [0.15, 0.2) is 15.0 Å². The molecule has 2 aromatic rings. The van der Waals surface area contributed by atoms with Crippen LogP contribution in [0.3, 0.4) is 0 Å². The highest BCUT2D eigenvalue weighted by atomic mass is 32.1. The molecule has 0 aliphatic rings. The number of aromatic hydroxyl groups is 1. The topological polar surface area (TPSA) is 105 Å². The van der Waals surface area contributed by atoms with E-state index in [9.17, 15) is 9.90 Å². The lowest BCUT2D eigenvalue weighted by molar-refractivity contribution is 0.261. The van der Waals surface area contributed by atoms with Gasteiger partial charge in [-0.25, -0.2) is 4.79 Å². The second-order valence-electron chi connectivity index (χ2n) is 11.8. The zero-order valence-electron chi connectivity index (χ0n) is 25.2. The van der Waals surface area contributed by atoms with Crippen LogP contribution in [-0.2, 0) is 26.2 Å². The maximum absolute atomic E-state index is 12.4. The van der Waals surface area contributed by atoms with Crippen molar-refractivity contribution in [3.05, 3.63) is 27.6 Å². The summed E-state index contributed by atoms with van der Waals surface area (Å²) in [6.07, 6.45) is 6.04. The fourth-order valence-electron chi connectivity index (χ4n) is 4.45. The molecular formula is C27H48N8O2S4. The first kappa shape index (κ1) is 35.2. The molecule has 2 aromatic heterocycles. The maximum Gasteiger partial charge on any atom is 0.331 e. The average Bonchev–Trinajstić information content (AvgIpc) is 3.31. The van der Waals surface area contributed by atoms with Gasteiger partial charge in [-0.05, 0) is 80.6 Å². The van der Waals surface area contributed by atoms with Crippen molar-refractivity contribution in [1.82, 2.24) is 39.5 Å². The van der Waals surface area contributed by atoms with E-state index in [1.54, 1.807) is 0 Å². The summed E-state index contributed by atoms with van der Waals surface area (Å²) in [5.41, 5.74) is -0.359. The molecule has 0 aliphatic heterocycles. The number of hydrogen-bond acceptors (Lipinski definition) is 6. The third-order valence-electron chi connectivity index (χ3n) is 7.00. The Morgan fingerprint density at radius 2 is 1.29 bits per heavy atom. The fourth-order valence-corrected chi connectivity index (χ4v) is 5.57. The molecule has 0 aromatic carbocycles. The van der Waals surface area contributed by atoms with Crippen LogP contribution in [0.2, 0.25) is 0 Å². The zero-order chi connectivity index (χ0) is 30.8. The largest absolute Gasteiger partial charge is 0.493 e. The molecule has 232 valence electrons. The van der Waals surface area contributed by atoms with E-state index in [4.69, 9.17) is 36.7 Å². The first-order valence-corrected chi connectivity index (χ1v) is 15.9. The summed E-state index contributed by atoms with van der Waals surface area (Å²) in [5.74, 6) is -0.00143. The van der Waals surface area contributed by atoms with Crippen molar-refractivity contribution in [2.45, 2.75) is 92.0 Å². The van der Waals surface area contributed by atoms with E-state index in [0.717, 1.165) is 61.8 Å². The molecule has 41 heavy (non-hydrogen) atoms. The van der Waals surface area contributed by atoms with Gasteiger partial charge in [0.25, 0.3) is 0 Å². The number of hydrogen-bond donors (Lipinski definition) is 6. The quantitative estimate of drug-likeness (QED) is 0.0924. The molecule has 0 fully saturated rings. The highest BCUT2D eigenvalue weighted by Gasteiger charge is 2.23. The SMILES string of the molecule is CCn1cc(O)n(CC(C)(C)CCNC(=S)NCCCNC(=S)NCCC(C)(C)Cn2c(S)cn(CC)c2=S)c1=O. The Morgan fingerprint density at radius 1 is 0.829 bits per heavy atom. The zero-order valence-corrected chi connectivity index (χ0v) is 28.6. The van der Waals surface area contributed by atoms with Crippen LogP contribution in [-0.4, -0.2) is 59.8 Å². The van der Waals surface area contributed by atoms with Gasteiger partial charge in [0.05, 0.1) is 11.2 Å². The molecule has 5 N–H and O–H groups in total. The normalized spacial score (nSPS) is 11.9. The van der Waals surface area contributed by atoms with E-state index in [0.29, 0.717) is 29.9 Å². The lowest BCUT2D eigenvalue weighted by Gasteiger charge is -2.26. The number of rotatable bonds is 16. The van der Waals surface area contributed by atoms with E-state index in [-0.39, 0.29) is 22.4 Å². The van der Waals surface area contributed by atoms with Crippen LogP contribution in [0.25, 0.3) is 0 Å². The highest BCUT2D eigenvalue weighted by Crippen LogP contribution is 2.25. The Bertz CT molecular complexity index is 1180. The Labute approximate surface area is 265 Å². The Morgan fingerprint density at radius 3 is 1.73 bits per heavy atom. The summed E-state index contributed by atoms with van der Waals surface area (Å²) in [5, 5.41) is 25.3. The lowest BCUT2D eigenvalue weighted by Crippen LogP contribution is -2.40. The first-order valence-electron chi connectivity index (χ1n) is 14.2. The molecule has 0 aliphatic carbocycles. The molecule has 10 nitrogen and oxygen atoms in total. The molecule has 0 saturated heterocycles. The average molecular weight is 645 g/mol. The van der Waals surface area contributed by atoms with Gasteiger partial charge in [-0.2, -0.15) is 0 Å². The molecule has 2 heterocycles. The number of nitrogens with one attached hydrogen (secondary N) is 4. The third kappa shape index (κ3) is 11.3. The molecule has 0 amide bonds. The van der Waals surface area contributed by atoms with Crippen molar-refractivity contribution < 1.29 is 5.11 Å². The Hall–Kier alpha value is -2.03. The van der Waals surface area contributed by atoms with E-state index >= 15 is 0 Å². The summed E-state index contributed by atoms with van der Waals surface area (Å²) >= 11 is 21.0. The monoisotopic (exact) mass is 644 g/mol. The van der Waals surface area contributed by atoms with Crippen molar-refractivity contribution in [1.29, 1.82) is 0 Å². The van der Waals surface area contributed by atoms with Gasteiger partial charge < -0.3 is 35.5 Å². The Kier molecular flexibility index (Phi) is 13.7. The van der Waals surface area contributed by atoms with Crippen molar-refractivity contribution >= 4 is 59.5 Å². The standard InChI is InChI=1S/C27H48N8O2S4/c1-7-32-16-20(36)34(24(32)37)18-26(3,4)10-14-30-22(39)28-12-9-13-29-23(40)31-15-11-27(5,6)19-35-21(38)17-33(8-2)25(35)41/h16-17,36,38H,7-15,18-19H2,1-6H3,(H2,28,30,39)(H2,29,31,40). The maximum atomic E-state index is 12.4. The highest BCUT2D eigenvalue weighted by molar-refractivity contribution is 7.80. The van der Waals surface area contributed by atoms with E-state index in [2.05, 4.69) is 73.1 Å². The number of nitrogens with zero attached hydrogens (tertiary/aromatic N) is 4. The van der Waals surface area contributed by atoms with Crippen molar-refractivity contribution in [3.63, 3.8) is 0 Å². The molecule has 0 spiro atoms. The molecule has 0 unspecified atom stereocenters. The van der Waals surface area contributed by atoms with E-state index in [1.165, 1.54) is 15.3 Å². The van der Waals surface area contributed by atoms with Crippen LogP contribution < -0.4 is 27.0 Å². The summed E-state index contributed by atoms with van der Waals surface area (Å²) in [6.45, 7) is 18.0. The number of thiocarbonyl (C=S) groups is 2. The minimum absolute atomic E-state index is 0.00143. The lowest BCUT2D eigenvalue weighted by atomic mass is 9.89. The van der Waals surface area contributed by atoms with Crippen LogP contribution in [0.1, 0.15) is 60.8 Å². The summed E-state index contributed by atoms with van der Waals surface area (Å²) in [7, 11) is 0. The van der Waals surface area contributed by atoms with E-state index < -0.39 is 0 Å². The smallest absolute Gasteiger partial charge is 0.331 e. The van der Waals surface area contributed by atoms with Gasteiger partial charge in [-0.15, -0.1) is 12.6 Å². The molecule has 0 radical (unpaired) electrons. The molecule has 14 heteroatoms. The second kappa shape index (κ2) is 16.0. The van der Waals surface area contributed by atoms with E-state index in [1.807, 2.05) is 17.7 Å². The van der Waals surface area contributed by atoms with Crippen LogP contribution >= 0.6 is 49.3 Å². The third-order valence-corrected chi connectivity index (χ3v) is 8.39. The Balaban J connectivity index is 1.59. The van der Waals surface area contributed by atoms with Crippen LogP contribution in [0.15, 0.2) is 22.2 Å². The molecular weight excluding hydrogens is 597 g/mol. The minimum Gasteiger partial charge on any atom is -0.493 e. The number of thiol groups is 1. The molecule has 2 rings (SSSR count). The first-order chi connectivity index (χ1) is 19.2. The van der Waals surface area contributed by atoms with Gasteiger partial charge >= 0.3 is 5.69 Å². The van der Waals surface area contributed by atoms with Crippen molar-refractivity contribution in [2.75, 3.05) is 26.2 Å². The fraction of sp³-hybridized carbons (Fsp3) is 0.704. The minimum atomic E-state index is -0.199. The van der Waals surface area contributed by atoms with Gasteiger partial charge in [0, 0.05) is 58.6 Å². The molecule has 0 bridgehead atoms. The molecule has 0 atom stereocenters. The summed E-state index contributed by atoms with van der Waals surface area (Å²) in [6, 6.07) is 0. The van der Waals surface area contributed by atoms with Crippen LogP contribution in [0.5, 0.6) is 5.88 Å². The van der Waals surface area contributed by atoms with Gasteiger partial charge in [0.2, 0.25) is 5.88 Å². The van der Waals surface area contributed by atoms with Gasteiger partial charge in [0.1, 0.15) is 0 Å². The molecule has 0 saturated carbocycles.